The molecule has 25 heavy (non-hydrogen) atoms. The number of carbonyl (C=O) groups is 3. The van der Waals surface area contributed by atoms with Gasteiger partial charge in [-0.05, 0) is 38.0 Å². The average Bonchev–Trinajstić information content (AvgIpc) is 2.49. The number of hydrogen-bond acceptors (Lipinski definition) is 3. The molecule has 0 spiro atoms. The third-order valence-electron chi connectivity index (χ3n) is 3.44. The second-order valence-electron chi connectivity index (χ2n) is 6.07. The van der Waals surface area contributed by atoms with Crippen molar-refractivity contribution in [3.63, 3.8) is 0 Å². The fraction of sp³-hybridized carbons (Fsp3) is 0.389. The summed E-state index contributed by atoms with van der Waals surface area (Å²) in [6.07, 6.45) is 2.14. The van der Waals surface area contributed by atoms with Crippen molar-refractivity contribution in [2.75, 3.05) is 0 Å². The summed E-state index contributed by atoms with van der Waals surface area (Å²) in [4.78, 5) is 35.4. The Balaban J connectivity index is 2.89. The number of nitrogens with one attached hydrogen (secondary N) is 2. The van der Waals surface area contributed by atoms with E-state index in [1.165, 1.54) is 25.1 Å². The fourth-order valence-corrected chi connectivity index (χ4v) is 2.23. The van der Waals surface area contributed by atoms with Gasteiger partial charge in [-0.2, -0.15) is 0 Å². The van der Waals surface area contributed by atoms with Crippen LogP contribution in [-0.4, -0.2) is 29.8 Å². The van der Waals surface area contributed by atoms with Gasteiger partial charge in [0.2, 0.25) is 17.7 Å². The molecule has 0 saturated heterocycles. The van der Waals surface area contributed by atoms with Crippen LogP contribution in [0.25, 0.3) is 0 Å². The minimum absolute atomic E-state index is 0.0945. The van der Waals surface area contributed by atoms with Crippen molar-refractivity contribution < 1.29 is 18.8 Å². The molecule has 0 heterocycles. The highest BCUT2D eigenvalue weighted by Crippen LogP contribution is 2.08. The summed E-state index contributed by atoms with van der Waals surface area (Å²) in [6.45, 7) is 5.01. The molecule has 1 rings (SSSR count). The van der Waals surface area contributed by atoms with E-state index >= 15 is 0 Å². The van der Waals surface area contributed by atoms with E-state index in [9.17, 15) is 18.8 Å². The zero-order valence-corrected chi connectivity index (χ0v) is 14.6. The van der Waals surface area contributed by atoms with Gasteiger partial charge in [-0.15, -0.1) is 0 Å². The van der Waals surface area contributed by atoms with E-state index in [4.69, 9.17) is 5.73 Å². The molecule has 0 fully saturated rings. The van der Waals surface area contributed by atoms with Gasteiger partial charge in [-0.25, -0.2) is 4.39 Å². The molecule has 136 valence electrons. The maximum Gasteiger partial charge on any atom is 0.243 e. The Morgan fingerprint density at radius 2 is 1.84 bits per heavy atom. The molecule has 6 nitrogen and oxygen atoms in total. The van der Waals surface area contributed by atoms with Crippen LogP contribution in [0.3, 0.4) is 0 Å². The molecule has 1 aromatic carbocycles. The maximum absolute atomic E-state index is 13.3. The van der Waals surface area contributed by atoms with Crippen LogP contribution in [-0.2, 0) is 20.8 Å². The number of amides is 3. The summed E-state index contributed by atoms with van der Waals surface area (Å²) in [6, 6.07) is 3.93. The van der Waals surface area contributed by atoms with E-state index < -0.39 is 35.6 Å². The number of benzene rings is 1. The van der Waals surface area contributed by atoms with Gasteiger partial charge in [0.25, 0.3) is 0 Å². The molecule has 7 heteroatoms. The van der Waals surface area contributed by atoms with Gasteiger partial charge in [-0.1, -0.05) is 23.8 Å². The molecule has 0 aliphatic rings. The van der Waals surface area contributed by atoms with Crippen molar-refractivity contribution in [1.82, 2.24) is 10.6 Å². The number of nitrogens with two attached hydrogens (primary N) is 1. The first-order chi connectivity index (χ1) is 11.7. The predicted molar refractivity (Wildman–Crippen MR) is 92.9 cm³/mol. The first kappa shape index (κ1) is 20.3. The Bertz CT molecular complexity index is 669. The lowest BCUT2D eigenvalue weighted by Gasteiger charge is -2.21. The van der Waals surface area contributed by atoms with E-state index in [2.05, 4.69) is 10.6 Å². The second-order valence-corrected chi connectivity index (χ2v) is 6.07. The minimum atomic E-state index is -0.937. The molecule has 0 unspecified atom stereocenters. The highest BCUT2D eigenvalue weighted by molar-refractivity contribution is 5.91. The summed E-state index contributed by atoms with van der Waals surface area (Å²) in [7, 11) is 0. The third-order valence-corrected chi connectivity index (χ3v) is 3.44. The molecule has 4 N–H and O–H groups in total. The van der Waals surface area contributed by atoms with Crippen LogP contribution in [0.1, 0.15) is 32.8 Å². The zero-order valence-electron chi connectivity index (χ0n) is 14.6. The predicted octanol–water partition coefficient (Wildman–Crippen LogP) is 1.20. The molecule has 0 aliphatic carbocycles. The van der Waals surface area contributed by atoms with Crippen molar-refractivity contribution in [1.29, 1.82) is 0 Å². The highest BCUT2D eigenvalue weighted by Gasteiger charge is 2.24. The van der Waals surface area contributed by atoms with Crippen molar-refractivity contribution in [3.05, 3.63) is 47.3 Å². The van der Waals surface area contributed by atoms with Gasteiger partial charge in [0.05, 0.1) is 0 Å². The molecular formula is C18H24FN3O3. The number of hydrogen-bond donors (Lipinski definition) is 3. The second kappa shape index (κ2) is 9.56. The smallest absolute Gasteiger partial charge is 0.243 e. The van der Waals surface area contributed by atoms with Crippen LogP contribution in [0, 0.1) is 5.82 Å². The summed E-state index contributed by atoms with van der Waals surface area (Å²) >= 11 is 0. The van der Waals surface area contributed by atoms with Crippen molar-refractivity contribution in [2.45, 2.75) is 45.7 Å². The van der Waals surface area contributed by atoms with E-state index in [-0.39, 0.29) is 12.8 Å². The summed E-state index contributed by atoms with van der Waals surface area (Å²) in [5.74, 6) is -2.06. The van der Waals surface area contributed by atoms with Crippen LogP contribution >= 0.6 is 0 Å². The maximum atomic E-state index is 13.3. The quantitative estimate of drug-likeness (QED) is 0.615. The Morgan fingerprint density at radius 1 is 1.16 bits per heavy atom. The van der Waals surface area contributed by atoms with Crippen molar-refractivity contribution in [2.24, 2.45) is 5.73 Å². The molecular weight excluding hydrogens is 325 g/mol. The van der Waals surface area contributed by atoms with Crippen molar-refractivity contribution >= 4 is 17.7 Å². The topological polar surface area (TPSA) is 101 Å². The lowest BCUT2D eigenvalue weighted by molar-refractivity contribution is -0.130. The number of rotatable bonds is 8. The summed E-state index contributed by atoms with van der Waals surface area (Å²) in [5.41, 5.74) is 6.86. The lowest BCUT2D eigenvalue weighted by Crippen LogP contribution is -2.53. The molecule has 1 aromatic rings. The van der Waals surface area contributed by atoms with E-state index in [0.29, 0.717) is 5.56 Å². The lowest BCUT2D eigenvalue weighted by atomic mass is 10.0. The monoisotopic (exact) mass is 349 g/mol. The molecule has 2 atom stereocenters. The highest BCUT2D eigenvalue weighted by atomic mass is 19.1. The minimum Gasteiger partial charge on any atom is -0.368 e. The van der Waals surface area contributed by atoms with Gasteiger partial charge in [-0.3, -0.25) is 14.4 Å². The van der Waals surface area contributed by atoms with E-state index in [1.807, 2.05) is 13.8 Å². The number of primary amides is 1. The molecule has 0 radical (unpaired) electrons. The van der Waals surface area contributed by atoms with Gasteiger partial charge >= 0.3 is 0 Å². The van der Waals surface area contributed by atoms with Crippen molar-refractivity contribution in [3.8, 4) is 0 Å². The Hall–Kier alpha value is -2.70. The van der Waals surface area contributed by atoms with Crippen LogP contribution in [0.5, 0.6) is 0 Å². The number of halogens is 1. The fourth-order valence-electron chi connectivity index (χ4n) is 2.23. The average molecular weight is 349 g/mol. The molecule has 0 saturated carbocycles. The summed E-state index contributed by atoms with van der Waals surface area (Å²) in [5, 5.41) is 5.06. The Labute approximate surface area is 146 Å². The van der Waals surface area contributed by atoms with Gasteiger partial charge in [0, 0.05) is 13.3 Å². The molecule has 0 aliphatic heterocycles. The summed E-state index contributed by atoms with van der Waals surface area (Å²) < 4.78 is 13.3. The standard InChI is InChI=1S/C18H24FN3O3/c1-11(2)7-8-15(17(20)24)22-18(25)16(21-12(3)23)10-13-5-4-6-14(19)9-13/h4-7,9,15-16H,8,10H2,1-3H3,(H2,20,24)(H,21,23)(H,22,25)/t15-,16+/m1/s1. The SMILES string of the molecule is CC(=O)N[C@@H](Cc1cccc(F)c1)C(=O)N[C@H](CC=C(C)C)C(N)=O. The molecule has 0 aromatic heterocycles. The first-order valence-corrected chi connectivity index (χ1v) is 7.93. The Morgan fingerprint density at radius 3 is 2.36 bits per heavy atom. The number of allylic oxidation sites excluding steroid dienone is 1. The largest absolute Gasteiger partial charge is 0.368 e. The Kier molecular flexibility index (Phi) is 7.78. The van der Waals surface area contributed by atoms with Gasteiger partial charge in [0.1, 0.15) is 17.9 Å². The zero-order chi connectivity index (χ0) is 19.0. The van der Waals surface area contributed by atoms with Crippen LogP contribution in [0.2, 0.25) is 0 Å². The number of carbonyl (C=O) groups excluding carboxylic acids is 3. The van der Waals surface area contributed by atoms with E-state index in [1.54, 1.807) is 12.1 Å². The molecule has 0 bridgehead atoms. The third kappa shape index (κ3) is 7.60. The van der Waals surface area contributed by atoms with Gasteiger partial charge < -0.3 is 16.4 Å². The van der Waals surface area contributed by atoms with Crippen LogP contribution in [0.4, 0.5) is 4.39 Å². The molecule has 3 amide bonds. The first-order valence-electron chi connectivity index (χ1n) is 7.93. The van der Waals surface area contributed by atoms with E-state index in [0.717, 1.165) is 5.57 Å². The van der Waals surface area contributed by atoms with Crippen LogP contribution in [0.15, 0.2) is 35.9 Å². The van der Waals surface area contributed by atoms with Gasteiger partial charge in [0.15, 0.2) is 0 Å². The normalized spacial score (nSPS) is 12.6. The van der Waals surface area contributed by atoms with Crippen LogP contribution < -0.4 is 16.4 Å².